The van der Waals surface area contributed by atoms with E-state index in [9.17, 15) is 0 Å². The second kappa shape index (κ2) is 8.68. The van der Waals surface area contributed by atoms with Crippen molar-refractivity contribution in [2.75, 3.05) is 0 Å². The summed E-state index contributed by atoms with van der Waals surface area (Å²) in [4.78, 5) is 10.9. The summed E-state index contributed by atoms with van der Waals surface area (Å²) in [6.07, 6.45) is 4.25. The van der Waals surface area contributed by atoms with Gasteiger partial charge in [-0.15, -0.1) is 12.6 Å². The Balaban J connectivity index is 1.67. The third kappa shape index (κ3) is 3.42. The molecule has 1 aliphatic heterocycles. The average molecular weight is 453 g/mol. The first-order chi connectivity index (χ1) is 15.7. The van der Waals surface area contributed by atoms with Crippen LogP contribution in [-0.4, -0.2) is 18.0 Å². The molecule has 0 spiro atoms. The molecule has 4 heteroatoms. The molecule has 160 valence electrons. The topological polar surface area (TPSA) is 25.8 Å². The van der Waals surface area contributed by atoms with E-state index >= 15 is 0 Å². The first-order valence-corrected chi connectivity index (χ1v) is 14.4. The zero-order valence-electron chi connectivity index (χ0n) is 18.7. The maximum Gasteiger partial charge on any atom is 0.121 e. The van der Waals surface area contributed by atoms with Crippen LogP contribution >= 0.6 is 12.6 Å². The van der Waals surface area contributed by atoms with Gasteiger partial charge in [0.15, 0.2) is 0 Å². The van der Waals surface area contributed by atoms with Gasteiger partial charge < -0.3 is 0 Å². The lowest BCUT2D eigenvalue weighted by molar-refractivity contribution is 0.999. The van der Waals surface area contributed by atoms with Crippen LogP contribution in [0.5, 0.6) is 0 Å². The molecule has 5 rings (SSSR count). The number of nitrogens with zero attached hydrogens (tertiary/aromatic N) is 2. The van der Waals surface area contributed by atoms with Crippen LogP contribution in [0.1, 0.15) is 26.7 Å². The summed E-state index contributed by atoms with van der Waals surface area (Å²) in [5, 5.41) is 3.04. The minimum atomic E-state index is -1.81. The molecule has 0 unspecified atom stereocenters. The highest BCUT2D eigenvalue weighted by Gasteiger charge is 2.45. The average Bonchev–Trinajstić information content (AvgIpc) is 3.10. The van der Waals surface area contributed by atoms with E-state index in [4.69, 9.17) is 17.6 Å². The van der Waals surface area contributed by atoms with Crippen LogP contribution in [0.15, 0.2) is 83.9 Å². The van der Waals surface area contributed by atoms with Gasteiger partial charge in [-0.25, -0.2) is 4.98 Å². The quantitative estimate of drug-likeness (QED) is 0.268. The Labute approximate surface area is 197 Å². The summed E-state index contributed by atoms with van der Waals surface area (Å²) in [5.74, 6) is 0. The van der Waals surface area contributed by atoms with E-state index in [0.29, 0.717) is 0 Å². The first-order valence-electron chi connectivity index (χ1n) is 11.5. The molecule has 0 atom stereocenters. The van der Waals surface area contributed by atoms with Gasteiger partial charge in [0.25, 0.3) is 0 Å². The third-order valence-electron chi connectivity index (χ3n) is 6.68. The van der Waals surface area contributed by atoms with E-state index in [2.05, 4.69) is 73.4 Å². The molecule has 1 aliphatic rings. The maximum atomic E-state index is 5.29. The van der Waals surface area contributed by atoms with E-state index in [-0.39, 0.29) is 0 Å². The molecule has 0 amide bonds. The number of thiol groups is 1. The molecule has 4 aromatic rings. The second-order valence-electron chi connectivity index (χ2n) is 8.67. The van der Waals surface area contributed by atoms with Gasteiger partial charge in [0.1, 0.15) is 8.07 Å². The van der Waals surface area contributed by atoms with Crippen molar-refractivity contribution in [2.24, 2.45) is 0 Å². The van der Waals surface area contributed by atoms with Gasteiger partial charge in [-0.3, -0.25) is 4.98 Å². The van der Waals surface area contributed by atoms with Gasteiger partial charge in [0, 0.05) is 27.8 Å². The van der Waals surface area contributed by atoms with Gasteiger partial charge in [0.2, 0.25) is 0 Å². The summed E-state index contributed by atoms with van der Waals surface area (Å²) in [7, 11) is -1.81. The van der Waals surface area contributed by atoms with Crippen molar-refractivity contribution in [1.82, 2.24) is 9.97 Å². The van der Waals surface area contributed by atoms with E-state index in [0.717, 1.165) is 27.4 Å². The third-order valence-corrected chi connectivity index (χ3v) is 12.6. The Kier molecular flexibility index (Phi) is 5.74. The second-order valence-corrected chi connectivity index (χ2v) is 13.4. The van der Waals surface area contributed by atoms with Crippen LogP contribution in [0.4, 0.5) is 0 Å². The largest absolute Gasteiger partial charge is 0.256 e. The summed E-state index contributed by atoms with van der Waals surface area (Å²) in [6, 6.07) is 28.4. The van der Waals surface area contributed by atoms with E-state index in [1.54, 1.807) is 0 Å². The Morgan fingerprint density at radius 2 is 1.50 bits per heavy atom. The lowest BCUT2D eigenvalue weighted by Gasteiger charge is -2.29. The highest BCUT2D eigenvalue weighted by Crippen LogP contribution is 2.37. The lowest BCUT2D eigenvalue weighted by Crippen LogP contribution is -2.54. The van der Waals surface area contributed by atoms with Gasteiger partial charge in [-0.05, 0) is 52.8 Å². The lowest BCUT2D eigenvalue weighted by atomic mass is 10.0. The van der Waals surface area contributed by atoms with Gasteiger partial charge in [-0.1, -0.05) is 69.2 Å². The van der Waals surface area contributed by atoms with Crippen molar-refractivity contribution in [2.45, 2.75) is 43.7 Å². The molecule has 3 heterocycles. The summed E-state index contributed by atoms with van der Waals surface area (Å²) >= 11 is 4.89. The predicted molar refractivity (Wildman–Crippen MR) is 141 cm³/mol. The molecule has 0 saturated carbocycles. The number of benzene rings is 2. The fourth-order valence-electron chi connectivity index (χ4n) is 5.42. The molecule has 0 aliphatic carbocycles. The highest BCUT2D eigenvalue weighted by atomic mass is 32.1. The molecule has 2 aromatic carbocycles. The van der Waals surface area contributed by atoms with Gasteiger partial charge >= 0.3 is 0 Å². The highest BCUT2D eigenvalue weighted by molar-refractivity contribution is 7.80. The molecule has 0 saturated heterocycles. The van der Waals surface area contributed by atoms with E-state index in [1.165, 1.54) is 46.6 Å². The number of aromatic nitrogens is 2. The Morgan fingerprint density at radius 3 is 2.22 bits per heavy atom. The zero-order valence-corrected chi connectivity index (χ0v) is 20.6. The SMILES string of the molecule is CCC[Si]1(CCC)c2ccc(-c3cccc(-c4ccccn4)c3)nc2-c2c(S)cccc21. The molecular formula is C28H28N2SSi. The summed E-state index contributed by atoms with van der Waals surface area (Å²) in [5.41, 5.74) is 6.68. The number of rotatable bonds is 6. The van der Waals surface area contributed by atoms with Crippen molar-refractivity contribution >= 4 is 31.1 Å². The molecule has 0 fully saturated rings. The van der Waals surface area contributed by atoms with E-state index in [1.807, 2.05) is 24.4 Å². The fraction of sp³-hybridized carbons (Fsp3) is 0.214. The molecule has 2 nitrogen and oxygen atoms in total. The van der Waals surface area contributed by atoms with Gasteiger partial charge in [0.05, 0.1) is 17.1 Å². The number of hydrogen-bond donors (Lipinski definition) is 1. The first kappa shape index (κ1) is 21.2. The summed E-state index contributed by atoms with van der Waals surface area (Å²) < 4.78 is 0. The molecule has 0 bridgehead atoms. The molecule has 0 radical (unpaired) electrons. The minimum absolute atomic E-state index is 0.982. The van der Waals surface area contributed by atoms with Crippen molar-refractivity contribution in [3.63, 3.8) is 0 Å². The molecular weight excluding hydrogens is 424 g/mol. The smallest absolute Gasteiger partial charge is 0.121 e. The Hall–Kier alpha value is -2.69. The van der Waals surface area contributed by atoms with Crippen molar-refractivity contribution < 1.29 is 0 Å². The zero-order chi connectivity index (χ0) is 22.1. The molecule has 0 N–H and O–H groups in total. The fourth-order valence-corrected chi connectivity index (χ4v) is 11.3. The normalized spacial score (nSPS) is 13.6. The van der Waals surface area contributed by atoms with Crippen LogP contribution in [0.3, 0.4) is 0 Å². The predicted octanol–water partition coefficient (Wildman–Crippen LogP) is 6.46. The van der Waals surface area contributed by atoms with Crippen LogP contribution in [-0.2, 0) is 0 Å². The maximum absolute atomic E-state index is 5.29. The standard InChI is InChI=1S/C28H28N2SSi/c1-3-17-32(18-4-2)25-13-8-12-24(31)27(25)28-26(32)15-14-23(30-28)21-10-7-9-20(19-21)22-11-5-6-16-29-22/h5-16,19,31H,3-4,17-18H2,1-2H3. The number of pyridine rings is 2. The number of hydrogen-bond acceptors (Lipinski definition) is 3. The Bertz CT molecular complexity index is 1260. The van der Waals surface area contributed by atoms with E-state index < -0.39 is 8.07 Å². The molecule has 2 aromatic heterocycles. The van der Waals surface area contributed by atoms with Crippen LogP contribution in [0.2, 0.25) is 12.1 Å². The molecule has 32 heavy (non-hydrogen) atoms. The Morgan fingerprint density at radius 1 is 0.750 bits per heavy atom. The van der Waals surface area contributed by atoms with Crippen LogP contribution in [0, 0.1) is 0 Å². The van der Waals surface area contributed by atoms with Crippen molar-refractivity contribution in [3.8, 4) is 33.8 Å². The van der Waals surface area contributed by atoms with Gasteiger partial charge in [-0.2, -0.15) is 0 Å². The van der Waals surface area contributed by atoms with Crippen molar-refractivity contribution in [3.05, 3.63) is 79.0 Å². The van der Waals surface area contributed by atoms with Crippen LogP contribution in [0.25, 0.3) is 33.8 Å². The minimum Gasteiger partial charge on any atom is -0.256 e. The van der Waals surface area contributed by atoms with Crippen molar-refractivity contribution in [1.29, 1.82) is 0 Å². The monoisotopic (exact) mass is 452 g/mol. The van der Waals surface area contributed by atoms with Crippen LogP contribution < -0.4 is 10.4 Å². The number of fused-ring (bicyclic) bond motifs is 3. The summed E-state index contributed by atoms with van der Waals surface area (Å²) in [6.45, 7) is 4.63.